The molecule has 3 fully saturated rings. The second kappa shape index (κ2) is 9.46. The first-order valence-corrected chi connectivity index (χ1v) is 13.1. The van der Waals surface area contributed by atoms with E-state index < -0.39 is 21.3 Å². The largest absolute Gasteiger partial charge is 0.378 e. The summed E-state index contributed by atoms with van der Waals surface area (Å²) in [6.45, 7) is 2.56. The Bertz CT molecular complexity index is 985. The fourth-order valence-electron chi connectivity index (χ4n) is 4.33. The molecule has 0 spiro atoms. The molecule has 0 atom stereocenters. The monoisotopic (exact) mass is 503 g/mol. The third kappa shape index (κ3) is 4.92. The molecule has 2 amide bonds. The average molecular weight is 504 g/mol. The van der Waals surface area contributed by atoms with E-state index >= 15 is 0 Å². The van der Waals surface area contributed by atoms with Crippen LogP contribution < -0.4 is 5.32 Å². The number of benzene rings is 1. The Labute approximate surface area is 198 Å². The van der Waals surface area contributed by atoms with E-state index in [2.05, 4.69) is 5.32 Å². The Morgan fingerprint density at radius 3 is 2.34 bits per heavy atom. The number of sulfonamides is 1. The van der Waals surface area contributed by atoms with E-state index in [1.807, 2.05) is 0 Å². The Kier molecular flexibility index (Phi) is 7.03. The van der Waals surface area contributed by atoms with Crippen LogP contribution in [0, 0.1) is 5.41 Å². The number of morpholine rings is 1. The summed E-state index contributed by atoms with van der Waals surface area (Å²) in [5, 5.41) is 3.24. The first-order chi connectivity index (χ1) is 15.2. The predicted octanol–water partition coefficient (Wildman–Crippen LogP) is 2.16. The first kappa shape index (κ1) is 23.8. The zero-order valence-corrected chi connectivity index (χ0v) is 20.0. The molecule has 0 unspecified atom stereocenters. The lowest BCUT2D eigenvalue weighted by Crippen LogP contribution is -2.57. The van der Waals surface area contributed by atoms with Crippen molar-refractivity contribution in [3.8, 4) is 0 Å². The lowest BCUT2D eigenvalue weighted by Gasteiger charge is -2.43. The number of carbonyl (C=O) groups is 2. The third-order valence-electron chi connectivity index (χ3n) is 6.50. The van der Waals surface area contributed by atoms with E-state index in [1.54, 1.807) is 17.0 Å². The van der Waals surface area contributed by atoms with E-state index in [1.165, 1.54) is 10.4 Å². The second-order valence-corrected chi connectivity index (χ2v) is 11.7. The highest BCUT2D eigenvalue weighted by Gasteiger charge is 2.48. The van der Waals surface area contributed by atoms with Crippen LogP contribution in [-0.2, 0) is 19.6 Å². The van der Waals surface area contributed by atoms with E-state index in [0.29, 0.717) is 57.0 Å². The number of nitrogens with zero attached hydrogens (tertiary/aromatic N) is 2. The molecule has 1 aliphatic carbocycles. The van der Waals surface area contributed by atoms with Gasteiger partial charge in [0.1, 0.15) is 0 Å². The summed E-state index contributed by atoms with van der Waals surface area (Å²) >= 11 is 12.1. The number of carbonyl (C=O) groups excluding carboxylic acids is 2. The summed E-state index contributed by atoms with van der Waals surface area (Å²) in [5.74, 6) is -0.458. The average Bonchev–Trinajstić information content (AvgIpc) is 3.64. The zero-order chi connectivity index (χ0) is 22.9. The van der Waals surface area contributed by atoms with Crippen molar-refractivity contribution in [3.05, 3.63) is 33.8 Å². The van der Waals surface area contributed by atoms with Gasteiger partial charge in [0, 0.05) is 37.7 Å². The Hall–Kier alpha value is -1.39. The van der Waals surface area contributed by atoms with Crippen LogP contribution in [0.4, 0.5) is 0 Å². The number of hydrogen-bond donors (Lipinski definition) is 1. The van der Waals surface area contributed by atoms with Gasteiger partial charge in [-0.1, -0.05) is 23.2 Å². The SMILES string of the molecule is O=C(NCC1(C(=O)N2CCOCC2)CCN(S(=O)(=O)C2CC2)CC1)c1ccc(Cl)cc1Cl. The molecule has 32 heavy (non-hydrogen) atoms. The van der Waals surface area contributed by atoms with Crippen LogP contribution in [-0.4, -0.2) is 80.6 Å². The molecule has 8 nitrogen and oxygen atoms in total. The van der Waals surface area contributed by atoms with E-state index in [0.717, 1.165) is 0 Å². The van der Waals surface area contributed by atoms with Gasteiger partial charge in [0.05, 0.1) is 34.5 Å². The minimum atomic E-state index is -3.30. The number of nitrogens with one attached hydrogen (secondary N) is 1. The van der Waals surface area contributed by atoms with Gasteiger partial charge in [-0.05, 0) is 43.9 Å². The van der Waals surface area contributed by atoms with Crippen LogP contribution in [0.25, 0.3) is 0 Å². The number of ether oxygens (including phenoxy) is 1. The molecule has 0 radical (unpaired) electrons. The maximum atomic E-state index is 13.5. The number of hydrogen-bond acceptors (Lipinski definition) is 5. The van der Waals surface area contributed by atoms with Crippen molar-refractivity contribution in [2.75, 3.05) is 45.9 Å². The predicted molar refractivity (Wildman–Crippen MR) is 121 cm³/mol. The van der Waals surface area contributed by atoms with Crippen molar-refractivity contribution >= 4 is 45.0 Å². The number of halogens is 2. The van der Waals surface area contributed by atoms with Crippen LogP contribution in [0.1, 0.15) is 36.0 Å². The topological polar surface area (TPSA) is 96.0 Å². The Morgan fingerprint density at radius 2 is 1.75 bits per heavy atom. The summed E-state index contributed by atoms with van der Waals surface area (Å²) in [4.78, 5) is 28.1. The number of amides is 2. The molecule has 2 aliphatic heterocycles. The number of piperidine rings is 1. The zero-order valence-electron chi connectivity index (χ0n) is 17.7. The Balaban J connectivity index is 1.50. The summed E-state index contributed by atoms with van der Waals surface area (Å²) in [7, 11) is -3.30. The summed E-state index contributed by atoms with van der Waals surface area (Å²) < 4.78 is 32.2. The fourth-order valence-corrected chi connectivity index (χ4v) is 6.67. The van der Waals surface area contributed by atoms with Crippen LogP contribution in [0.2, 0.25) is 10.0 Å². The van der Waals surface area contributed by atoms with Gasteiger partial charge in [0.25, 0.3) is 5.91 Å². The van der Waals surface area contributed by atoms with Crippen molar-refractivity contribution < 1.29 is 22.7 Å². The molecule has 1 aromatic rings. The lowest BCUT2D eigenvalue weighted by atomic mass is 9.77. The maximum absolute atomic E-state index is 13.5. The lowest BCUT2D eigenvalue weighted by molar-refractivity contribution is -0.148. The highest BCUT2D eigenvalue weighted by molar-refractivity contribution is 7.90. The van der Waals surface area contributed by atoms with Gasteiger partial charge < -0.3 is 15.0 Å². The maximum Gasteiger partial charge on any atom is 0.252 e. The van der Waals surface area contributed by atoms with Gasteiger partial charge in [-0.3, -0.25) is 9.59 Å². The molecular formula is C21H27Cl2N3O5S. The quantitative estimate of drug-likeness (QED) is 0.641. The van der Waals surface area contributed by atoms with Crippen molar-refractivity contribution in [2.24, 2.45) is 5.41 Å². The van der Waals surface area contributed by atoms with Gasteiger partial charge in [-0.25, -0.2) is 12.7 Å². The van der Waals surface area contributed by atoms with Crippen molar-refractivity contribution in [2.45, 2.75) is 30.9 Å². The highest BCUT2D eigenvalue weighted by atomic mass is 35.5. The van der Waals surface area contributed by atoms with E-state index in [9.17, 15) is 18.0 Å². The van der Waals surface area contributed by atoms with E-state index in [-0.39, 0.29) is 41.4 Å². The summed E-state index contributed by atoms with van der Waals surface area (Å²) in [6, 6.07) is 4.62. The molecule has 2 saturated heterocycles. The standard InChI is InChI=1S/C21H27Cl2N3O5S/c22-15-1-4-17(18(23)13-15)19(27)24-14-21(20(28)25-9-11-31-12-10-25)5-7-26(8-6-21)32(29,30)16-2-3-16/h1,4,13,16H,2-3,5-12,14H2,(H,24,27). The third-order valence-corrected chi connectivity index (χ3v) is 9.45. The molecule has 0 aromatic heterocycles. The summed E-state index contributed by atoms with van der Waals surface area (Å²) in [5.41, 5.74) is -0.597. The second-order valence-electron chi connectivity index (χ2n) is 8.64. The molecule has 0 bridgehead atoms. The molecule has 1 aromatic carbocycles. The number of rotatable bonds is 6. The highest BCUT2D eigenvalue weighted by Crippen LogP contribution is 2.38. The molecule has 4 rings (SSSR count). The Morgan fingerprint density at radius 1 is 1.09 bits per heavy atom. The van der Waals surface area contributed by atoms with Crippen molar-refractivity contribution in [1.29, 1.82) is 0 Å². The van der Waals surface area contributed by atoms with Crippen LogP contribution in [0.3, 0.4) is 0 Å². The van der Waals surface area contributed by atoms with Crippen LogP contribution in [0.5, 0.6) is 0 Å². The van der Waals surface area contributed by atoms with Crippen LogP contribution >= 0.6 is 23.2 Å². The minimum Gasteiger partial charge on any atom is -0.378 e. The summed E-state index contributed by atoms with van der Waals surface area (Å²) in [6.07, 6.45) is 2.11. The van der Waals surface area contributed by atoms with Gasteiger partial charge in [-0.15, -0.1) is 0 Å². The van der Waals surface area contributed by atoms with Crippen LogP contribution in [0.15, 0.2) is 18.2 Å². The normalized spacial score (nSPS) is 21.9. The molecule has 3 aliphatic rings. The smallest absolute Gasteiger partial charge is 0.252 e. The first-order valence-electron chi connectivity index (χ1n) is 10.8. The molecule has 1 N–H and O–H groups in total. The molecule has 176 valence electrons. The molecule has 1 saturated carbocycles. The fraction of sp³-hybridized carbons (Fsp3) is 0.619. The van der Waals surface area contributed by atoms with Gasteiger partial charge >= 0.3 is 0 Å². The molecule has 11 heteroatoms. The molecule has 2 heterocycles. The van der Waals surface area contributed by atoms with Crippen molar-refractivity contribution in [1.82, 2.24) is 14.5 Å². The molecular weight excluding hydrogens is 477 g/mol. The minimum absolute atomic E-state index is 0.0632. The van der Waals surface area contributed by atoms with Gasteiger partial charge in [-0.2, -0.15) is 0 Å². The van der Waals surface area contributed by atoms with Gasteiger partial charge in [0.2, 0.25) is 15.9 Å². The van der Waals surface area contributed by atoms with Gasteiger partial charge in [0.15, 0.2) is 0 Å². The van der Waals surface area contributed by atoms with Crippen molar-refractivity contribution in [3.63, 3.8) is 0 Å². The van der Waals surface area contributed by atoms with E-state index in [4.69, 9.17) is 27.9 Å².